The highest BCUT2D eigenvalue weighted by atomic mass is 16.3. The second-order valence-electron chi connectivity index (χ2n) is 8.66. The van der Waals surface area contributed by atoms with Gasteiger partial charge in [-0.1, -0.05) is 26.0 Å². The predicted octanol–water partition coefficient (Wildman–Crippen LogP) is 4.09. The lowest BCUT2D eigenvalue weighted by Gasteiger charge is -2.25. The highest BCUT2D eigenvalue weighted by molar-refractivity contribution is 5.78. The van der Waals surface area contributed by atoms with Gasteiger partial charge in [-0.25, -0.2) is 4.98 Å². The van der Waals surface area contributed by atoms with E-state index in [1.54, 1.807) is 17.6 Å². The van der Waals surface area contributed by atoms with Gasteiger partial charge >= 0.3 is 0 Å². The summed E-state index contributed by atoms with van der Waals surface area (Å²) in [6.45, 7) is 10.6. The summed E-state index contributed by atoms with van der Waals surface area (Å²) in [5.74, 6) is 0.931. The van der Waals surface area contributed by atoms with E-state index < -0.39 is 0 Å². The number of nitrogens with one attached hydrogen (secondary N) is 1. The number of aryl methyl sites for hydroxylation is 1. The predicted molar refractivity (Wildman–Crippen MR) is 122 cm³/mol. The summed E-state index contributed by atoms with van der Waals surface area (Å²) in [5.41, 5.74) is 2.41. The lowest BCUT2D eigenvalue weighted by molar-refractivity contribution is -0.122. The van der Waals surface area contributed by atoms with Crippen LogP contribution in [0.5, 0.6) is 5.75 Å². The summed E-state index contributed by atoms with van der Waals surface area (Å²) in [7, 11) is 0. The van der Waals surface area contributed by atoms with Crippen molar-refractivity contribution in [3.63, 3.8) is 0 Å². The number of para-hydroxylation sites is 2. The van der Waals surface area contributed by atoms with Crippen molar-refractivity contribution in [3.8, 4) is 5.75 Å². The number of benzene rings is 1. The molecular weight excluding hydrogens is 392 g/mol. The van der Waals surface area contributed by atoms with Gasteiger partial charge in [-0.2, -0.15) is 0 Å². The number of aromatic hydroxyl groups is 1. The van der Waals surface area contributed by atoms with E-state index in [1.165, 1.54) is 6.07 Å². The van der Waals surface area contributed by atoms with E-state index in [0.717, 1.165) is 16.9 Å². The van der Waals surface area contributed by atoms with Gasteiger partial charge in [0, 0.05) is 30.8 Å². The summed E-state index contributed by atoms with van der Waals surface area (Å²) < 4.78 is 3.77. The van der Waals surface area contributed by atoms with Crippen molar-refractivity contribution in [1.82, 2.24) is 19.4 Å². The molecule has 0 aliphatic rings. The van der Waals surface area contributed by atoms with Gasteiger partial charge < -0.3 is 19.6 Å². The van der Waals surface area contributed by atoms with E-state index >= 15 is 0 Å². The number of hydrogen-bond acceptors (Lipinski definition) is 4. The average molecular weight is 425 g/mol. The summed E-state index contributed by atoms with van der Waals surface area (Å²) in [6.07, 6.45) is 0.834. The Kier molecular flexibility index (Phi) is 6.83. The maximum absolute atomic E-state index is 12.8. The topological polar surface area (TPSA) is 89.2 Å². The lowest BCUT2D eigenvalue weighted by Crippen LogP contribution is -2.34. The Balaban J connectivity index is 1.74. The smallest absolute Gasteiger partial charge is 0.254 e. The Morgan fingerprint density at radius 2 is 1.87 bits per heavy atom. The molecule has 2 N–H and O–H groups in total. The van der Waals surface area contributed by atoms with Crippen LogP contribution in [0.25, 0.3) is 11.0 Å². The molecule has 3 aromatic rings. The fraction of sp³-hybridized carbons (Fsp3) is 0.458. The zero-order valence-electron chi connectivity index (χ0n) is 18.9. The maximum Gasteiger partial charge on any atom is 0.254 e. The average Bonchev–Trinajstić information content (AvgIpc) is 3.07. The fourth-order valence-corrected chi connectivity index (χ4v) is 4.00. The molecule has 1 atom stereocenters. The van der Waals surface area contributed by atoms with Crippen LogP contribution < -0.4 is 10.9 Å². The minimum Gasteiger partial charge on any atom is -0.508 e. The van der Waals surface area contributed by atoms with Crippen LogP contribution in [0.15, 0.2) is 41.2 Å². The molecule has 0 saturated carbocycles. The van der Waals surface area contributed by atoms with Crippen molar-refractivity contribution >= 4 is 16.9 Å². The van der Waals surface area contributed by atoms with Crippen molar-refractivity contribution in [2.24, 2.45) is 5.92 Å². The third kappa shape index (κ3) is 4.98. The van der Waals surface area contributed by atoms with Crippen LogP contribution in [-0.2, 0) is 11.3 Å². The Bertz CT molecular complexity index is 1130. The second kappa shape index (κ2) is 9.37. The zero-order chi connectivity index (χ0) is 22.7. The molecular formula is C24H32N4O3. The highest BCUT2D eigenvalue weighted by Gasteiger charge is 2.25. The van der Waals surface area contributed by atoms with Gasteiger partial charge in [-0.05, 0) is 51.3 Å². The Morgan fingerprint density at radius 1 is 1.16 bits per heavy atom. The van der Waals surface area contributed by atoms with E-state index in [2.05, 4.69) is 43.6 Å². The molecule has 31 heavy (non-hydrogen) atoms. The van der Waals surface area contributed by atoms with E-state index in [9.17, 15) is 14.7 Å². The number of nitrogens with zero attached hydrogens (tertiary/aromatic N) is 3. The fourth-order valence-electron chi connectivity index (χ4n) is 4.00. The van der Waals surface area contributed by atoms with Crippen molar-refractivity contribution in [1.29, 1.82) is 0 Å². The number of imidazole rings is 1. The standard InChI is InChI=1S/C24H32N4O3/c1-15(2)23(24-25-19-9-6-7-10-20(19)28(24)16(3)4)26-21(30)11-8-12-27-17(5)13-18(29)14-22(27)31/h6-7,9-10,13-16,23,29H,8,11-12H2,1-5H3,(H,26,30)/t23-/m1/s1. The van der Waals surface area contributed by atoms with Gasteiger partial charge in [0.25, 0.3) is 5.56 Å². The van der Waals surface area contributed by atoms with Crippen LogP contribution in [0.4, 0.5) is 0 Å². The van der Waals surface area contributed by atoms with Crippen LogP contribution in [0.3, 0.4) is 0 Å². The number of aromatic nitrogens is 3. The molecule has 1 aromatic carbocycles. The van der Waals surface area contributed by atoms with Crippen molar-refractivity contribution in [2.75, 3.05) is 0 Å². The number of pyridine rings is 1. The monoisotopic (exact) mass is 424 g/mol. The van der Waals surface area contributed by atoms with Crippen LogP contribution in [-0.4, -0.2) is 25.1 Å². The summed E-state index contributed by atoms with van der Waals surface area (Å²) in [4.78, 5) is 29.7. The molecule has 0 unspecified atom stereocenters. The molecule has 0 spiro atoms. The molecule has 0 radical (unpaired) electrons. The number of carbonyl (C=O) groups excluding carboxylic acids is 1. The maximum atomic E-state index is 12.8. The van der Waals surface area contributed by atoms with E-state index in [-0.39, 0.29) is 35.2 Å². The molecule has 3 rings (SSSR count). The molecule has 0 saturated heterocycles. The van der Waals surface area contributed by atoms with Gasteiger partial charge in [-0.3, -0.25) is 9.59 Å². The number of hydrogen-bond donors (Lipinski definition) is 2. The van der Waals surface area contributed by atoms with Crippen LogP contribution in [0.1, 0.15) is 64.1 Å². The molecule has 166 valence electrons. The zero-order valence-corrected chi connectivity index (χ0v) is 18.9. The number of amides is 1. The van der Waals surface area contributed by atoms with Gasteiger partial charge in [0.1, 0.15) is 11.6 Å². The summed E-state index contributed by atoms with van der Waals surface area (Å²) in [6, 6.07) is 10.8. The van der Waals surface area contributed by atoms with Gasteiger partial charge in [0.15, 0.2) is 0 Å². The molecule has 0 bridgehead atoms. The minimum absolute atomic E-state index is 0.0377. The number of rotatable bonds is 8. The molecule has 7 heteroatoms. The largest absolute Gasteiger partial charge is 0.508 e. The van der Waals surface area contributed by atoms with Crippen LogP contribution in [0.2, 0.25) is 0 Å². The van der Waals surface area contributed by atoms with Crippen LogP contribution >= 0.6 is 0 Å². The molecule has 1 amide bonds. The summed E-state index contributed by atoms with van der Waals surface area (Å²) in [5, 5.41) is 12.7. The lowest BCUT2D eigenvalue weighted by atomic mass is 10.0. The van der Waals surface area contributed by atoms with Crippen molar-refractivity contribution in [2.45, 2.75) is 66.1 Å². The third-order valence-corrected chi connectivity index (χ3v) is 5.51. The van der Waals surface area contributed by atoms with Crippen LogP contribution in [0, 0.1) is 12.8 Å². The van der Waals surface area contributed by atoms with Gasteiger partial charge in [-0.15, -0.1) is 0 Å². The number of fused-ring (bicyclic) bond motifs is 1. The van der Waals surface area contributed by atoms with E-state index in [4.69, 9.17) is 4.98 Å². The molecule has 0 aliphatic heterocycles. The first kappa shape index (κ1) is 22.6. The molecule has 2 heterocycles. The first-order valence-corrected chi connectivity index (χ1v) is 10.9. The van der Waals surface area contributed by atoms with Gasteiger partial charge in [0.2, 0.25) is 5.91 Å². The van der Waals surface area contributed by atoms with Gasteiger partial charge in [0.05, 0.1) is 17.1 Å². The molecule has 0 aliphatic carbocycles. The minimum atomic E-state index is -0.261. The SMILES string of the molecule is Cc1cc(O)cc(=O)n1CCCC(=O)N[C@@H](c1nc2ccccc2n1C(C)C)C(C)C. The first-order chi connectivity index (χ1) is 14.7. The Labute approximate surface area is 182 Å². The Hall–Kier alpha value is -3.09. The normalized spacial score (nSPS) is 12.6. The molecule has 0 fully saturated rings. The summed E-state index contributed by atoms with van der Waals surface area (Å²) >= 11 is 0. The van der Waals surface area contributed by atoms with Crippen molar-refractivity contribution in [3.05, 3.63) is 58.3 Å². The highest BCUT2D eigenvalue weighted by Crippen LogP contribution is 2.28. The van der Waals surface area contributed by atoms with E-state index in [1.807, 2.05) is 18.2 Å². The molecule has 2 aromatic heterocycles. The first-order valence-electron chi connectivity index (χ1n) is 10.9. The Morgan fingerprint density at radius 3 is 2.52 bits per heavy atom. The van der Waals surface area contributed by atoms with E-state index in [0.29, 0.717) is 25.1 Å². The quantitative estimate of drug-likeness (QED) is 0.570. The number of carbonyl (C=O) groups is 1. The second-order valence-corrected chi connectivity index (χ2v) is 8.66. The third-order valence-electron chi connectivity index (χ3n) is 5.51. The van der Waals surface area contributed by atoms with Crippen molar-refractivity contribution < 1.29 is 9.90 Å². The molecule has 7 nitrogen and oxygen atoms in total.